The van der Waals surface area contributed by atoms with Crippen molar-refractivity contribution < 1.29 is 46.4 Å². The van der Waals surface area contributed by atoms with Gasteiger partial charge in [0.15, 0.2) is 5.75 Å². The van der Waals surface area contributed by atoms with Crippen molar-refractivity contribution in [3.63, 3.8) is 0 Å². The number of carbonyl (C=O) groups is 1. The van der Waals surface area contributed by atoms with Gasteiger partial charge < -0.3 is 43.8 Å². The number of ether oxygens (including phenoxy) is 7. The van der Waals surface area contributed by atoms with Gasteiger partial charge in [0.1, 0.15) is 29.7 Å². The Kier molecular flexibility index (Phi) is 16.4. The second-order valence-corrected chi connectivity index (χ2v) is 17.5. The van der Waals surface area contributed by atoms with E-state index in [9.17, 15) is 13.2 Å². The Morgan fingerprint density at radius 3 is 2.14 bits per heavy atom. The number of piperidine rings is 1. The first-order chi connectivity index (χ1) is 30.4. The molecule has 1 aromatic heterocycles. The van der Waals surface area contributed by atoms with Gasteiger partial charge in [0.2, 0.25) is 5.88 Å². The summed E-state index contributed by atoms with van der Waals surface area (Å²) in [4.78, 5) is 22.9. The number of aromatic nitrogens is 2. The highest BCUT2D eigenvalue weighted by molar-refractivity contribution is 7.90. The zero-order chi connectivity index (χ0) is 44.8. The molecular weight excluding hydrogens is 829 g/mol. The van der Waals surface area contributed by atoms with E-state index in [-0.39, 0.29) is 16.9 Å². The first-order valence-electron chi connectivity index (χ1n) is 20.9. The highest BCUT2D eigenvalue weighted by Gasteiger charge is 2.28. The van der Waals surface area contributed by atoms with Gasteiger partial charge in [-0.25, -0.2) is 9.78 Å². The summed E-state index contributed by atoms with van der Waals surface area (Å²) in [5.74, 6) is 2.83. The van der Waals surface area contributed by atoms with Gasteiger partial charge in [-0.3, -0.25) is 4.72 Å². The zero-order valence-electron chi connectivity index (χ0n) is 36.8. The van der Waals surface area contributed by atoms with Crippen LogP contribution in [0, 0.1) is 0 Å². The molecule has 0 unspecified atom stereocenters. The van der Waals surface area contributed by atoms with E-state index < -0.39 is 16.2 Å². The van der Waals surface area contributed by atoms with Crippen LogP contribution >= 0.6 is 0 Å². The summed E-state index contributed by atoms with van der Waals surface area (Å²) >= 11 is 0. The minimum absolute atomic E-state index is 0.189. The number of fused-ring (bicyclic) bond motifs is 1. The van der Waals surface area contributed by atoms with Crippen LogP contribution in [0.5, 0.6) is 28.9 Å². The molecule has 63 heavy (non-hydrogen) atoms. The maximum absolute atomic E-state index is 13.7. The number of amides is 2. The van der Waals surface area contributed by atoms with Crippen molar-refractivity contribution in [2.24, 2.45) is 0 Å². The summed E-state index contributed by atoms with van der Waals surface area (Å²) in [5, 5.41) is 7.32. The van der Waals surface area contributed by atoms with E-state index in [1.54, 1.807) is 50.7 Å². The molecule has 0 atom stereocenters. The zero-order valence-corrected chi connectivity index (χ0v) is 37.6. The van der Waals surface area contributed by atoms with Crippen LogP contribution in [0.3, 0.4) is 0 Å². The van der Waals surface area contributed by atoms with Gasteiger partial charge in [-0.2, -0.15) is 17.7 Å². The molecule has 2 amide bonds. The highest BCUT2D eigenvalue weighted by atomic mass is 32.2. The van der Waals surface area contributed by atoms with Crippen LogP contribution < -0.4 is 34.3 Å². The highest BCUT2D eigenvalue weighted by Crippen LogP contribution is 2.40. The van der Waals surface area contributed by atoms with Gasteiger partial charge in [-0.15, -0.1) is 0 Å². The maximum Gasteiger partial charge on any atom is 0.323 e. The summed E-state index contributed by atoms with van der Waals surface area (Å²) in [7, 11) is 0.803. The number of methoxy groups -OCH3 is 3. The van der Waals surface area contributed by atoms with E-state index in [0.717, 1.165) is 41.2 Å². The fourth-order valence-corrected chi connectivity index (χ4v) is 8.24. The molecule has 0 bridgehead atoms. The molecule has 1 saturated heterocycles. The van der Waals surface area contributed by atoms with E-state index in [1.807, 2.05) is 63.2 Å². The number of anilines is 3. The molecule has 17 heteroatoms. The lowest BCUT2D eigenvalue weighted by Crippen LogP contribution is -2.39. The summed E-state index contributed by atoms with van der Waals surface area (Å²) in [6.45, 7) is 9.67. The standard InChI is InChI=1S/C46H58N6O10S/c1-46(2,3)33-29-39(44(58-6)40(30-33)51-63(54,55)52-18-10-7-11-19-52)49-45(53)48-38-14-15-41(37-13-9-8-12-36(37)38)62-43-16-17-47-42(50-43)28-32-26-34(57-5)31-35(27-32)61-25-24-60-23-22-59-21-20-56-4/h8-9,12-17,26-27,29-31,51H,7,10-11,18-25,28H2,1-6H3,(H2,48,49,53). The fourth-order valence-electron chi connectivity index (χ4n) is 6.94. The summed E-state index contributed by atoms with van der Waals surface area (Å²) in [5.41, 5.74) is 2.36. The molecule has 338 valence electrons. The van der Waals surface area contributed by atoms with Gasteiger partial charge in [-0.05, 0) is 65.8 Å². The molecule has 16 nitrogen and oxygen atoms in total. The Hall–Kier alpha value is -5.72. The number of carbonyl (C=O) groups excluding carboxylic acids is 1. The number of rotatable bonds is 21. The molecule has 1 aliphatic heterocycles. The Labute approximate surface area is 369 Å². The van der Waals surface area contributed by atoms with Crippen molar-refractivity contribution in [3.8, 4) is 28.9 Å². The molecule has 1 aliphatic rings. The molecule has 2 heterocycles. The van der Waals surface area contributed by atoms with E-state index >= 15 is 0 Å². The van der Waals surface area contributed by atoms with E-state index in [0.29, 0.717) is 99.5 Å². The van der Waals surface area contributed by atoms with Crippen LogP contribution in [0.1, 0.15) is 57.0 Å². The average Bonchev–Trinajstić information content (AvgIpc) is 3.26. The number of hydrogen-bond donors (Lipinski definition) is 3. The topological polar surface area (TPSA) is 181 Å². The van der Waals surface area contributed by atoms with Crippen molar-refractivity contribution in [1.82, 2.24) is 14.3 Å². The first-order valence-corrected chi connectivity index (χ1v) is 22.4. The van der Waals surface area contributed by atoms with Crippen molar-refractivity contribution in [3.05, 3.63) is 95.9 Å². The van der Waals surface area contributed by atoms with Crippen LogP contribution in [0.25, 0.3) is 10.8 Å². The SMILES string of the molecule is COCCOCCOCCOc1cc(Cc2nccc(Oc3ccc(NC(=O)Nc4cc(C(C)(C)C)cc(NS(=O)(=O)N5CCCCC5)c4OC)c4ccccc34)n2)cc(OC)c1. The van der Waals surface area contributed by atoms with Crippen molar-refractivity contribution >= 4 is 44.1 Å². The Morgan fingerprint density at radius 1 is 0.746 bits per heavy atom. The monoisotopic (exact) mass is 886 g/mol. The Morgan fingerprint density at radius 2 is 1.43 bits per heavy atom. The Balaban J connectivity index is 1.14. The Bertz CT molecular complexity index is 2420. The number of nitrogens with zero attached hydrogens (tertiary/aromatic N) is 3. The molecule has 0 radical (unpaired) electrons. The number of benzene rings is 4. The van der Waals surface area contributed by atoms with Crippen LogP contribution in [0.2, 0.25) is 0 Å². The second kappa shape index (κ2) is 22.1. The lowest BCUT2D eigenvalue weighted by molar-refractivity contribution is 0.0179. The molecule has 1 fully saturated rings. The van der Waals surface area contributed by atoms with E-state index in [2.05, 4.69) is 20.3 Å². The minimum Gasteiger partial charge on any atom is -0.497 e. The molecule has 0 aliphatic carbocycles. The molecule has 0 saturated carbocycles. The van der Waals surface area contributed by atoms with Crippen molar-refractivity contribution in [2.45, 2.75) is 51.9 Å². The van der Waals surface area contributed by atoms with Crippen LogP contribution in [-0.4, -0.2) is 103 Å². The smallest absolute Gasteiger partial charge is 0.323 e. The van der Waals surface area contributed by atoms with Gasteiger partial charge in [0.25, 0.3) is 0 Å². The number of nitrogens with one attached hydrogen (secondary N) is 3. The second-order valence-electron chi connectivity index (χ2n) is 15.8. The summed E-state index contributed by atoms with van der Waals surface area (Å²) < 4.78 is 70.6. The molecule has 3 N–H and O–H groups in total. The van der Waals surface area contributed by atoms with Gasteiger partial charge in [-0.1, -0.05) is 51.5 Å². The molecule has 0 spiro atoms. The van der Waals surface area contributed by atoms with Crippen LogP contribution in [-0.2, 0) is 36.3 Å². The largest absolute Gasteiger partial charge is 0.497 e. The van der Waals surface area contributed by atoms with Gasteiger partial charge in [0.05, 0.1) is 64.3 Å². The lowest BCUT2D eigenvalue weighted by Gasteiger charge is -2.28. The molecule has 5 aromatic rings. The van der Waals surface area contributed by atoms with E-state index in [1.165, 1.54) is 11.4 Å². The third kappa shape index (κ3) is 13.2. The number of hydrogen-bond acceptors (Lipinski definition) is 12. The van der Waals surface area contributed by atoms with Crippen molar-refractivity contribution in [1.29, 1.82) is 0 Å². The first kappa shape index (κ1) is 46.8. The summed E-state index contributed by atoms with van der Waals surface area (Å²) in [6, 6.07) is 21.3. The third-order valence-electron chi connectivity index (χ3n) is 10.2. The molecular formula is C46H58N6O10S. The maximum atomic E-state index is 13.7. The fraction of sp³-hybridized carbons (Fsp3) is 0.413. The normalized spacial score (nSPS) is 13.4. The molecule has 4 aromatic carbocycles. The van der Waals surface area contributed by atoms with Crippen LogP contribution in [0.15, 0.2) is 79.0 Å². The van der Waals surface area contributed by atoms with Crippen LogP contribution in [0.4, 0.5) is 21.9 Å². The lowest BCUT2D eigenvalue weighted by atomic mass is 9.86. The predicted molar refractivity (Wildman–Crippen MR) is 243 cm³/mol. The number of urea groups is 1. The molecule has 6 rings (SSSR count). The predicted octanol–water partition coefficient (Wildman–Crippen LogP) is 8.17. The third-order valence-corrected chi connectivity index (χ3v) is 11.7. The van der Waals surface area contributed by atoms with Gasteiger partial charge >= 0.3 is 16.2 Å². The van der Waals surface area contributed by atoms with Crippen molar-refractivity contribution in [2.75, 3.05) is 89.4 Å². The summed E-state index contributed by atoms with van der Waals surface area (Å²) in [6.07, 6.45) is 4.61. The van der Waals surface area contributed by atoms with Gasteiger partial charge in [0, 0.05) is 55.7 Å². The average molecular weight is 887 g/mol. The van der Waals surface area contributed by atoms with E-state index in [4.69, 9.17) is 38.1 Å². The minimum atomic E-state index is -3.87. The quantitative estimate of drug-likeness (QED) is 0.0603.